The van der Waals surface area contributed by atoms with Crippen molar-refractivity contribution in [2.75, 3.05) is 11.6 Å². The molecule has 0 aliphatic carbocycles. The number of benzene rings is 2. The van der Waals surface area contributed by atoms with Crippen molar-refractivity contribution in [2.24, 2.45) is 0 Å². The van der Waals surface area contributed by atoms with E-state index in [2.05, 4.69) is 26.0 Å². The molecule has 23 heavy (non-hydrogen) atoms. The van der Waals surface area contributed by atoms with Gasteiger partial charge in [0.1, 0.15) is 5.75 Å². The molecule has 2 rings (SSSR count). The number of nitrogens with one attached hydrogen (secondary N) is 1. The Labute approximate surface area is 142 Å². The molecule has 2 aromatic rings. The zero-order valence-corrected chi connectivity index (χ0v) is 14.4. The molecule has 0 fully saturated rings. The summed E-state index contributed by atoms with van der Waals surface area (Å²) in [5.41, 5.74) is 1.60. The zero-order chi connectivity index (χ0) is 17.0. The number of alkyl halides is 3. The molecule has 2 aromatic carbocycles. The molecule has 0 aliphatic heterocycles. The summed E-state index contributed by atoms with van der Waals surface area (Å²) in [6.07, 6.45) is -3.11. The van der Waals surface area contributed by atoms with Crippen molar-refractivity contribution in [3.8, 4) is 5.75 Å². The first-order chi connectivity index (χ1) is 10.7. The second-order valence-electron chi connectivity index (χ2n) is 4.64. The third-order valence-electron chi connectivity index (χ3n) is 2.91. The normalized spacial score (nSPS) is 12.7. The highest BCUT2D eigenvalue weighted by Gasteiger charge is 2.31. The van der Waals surface area contributed by atoms with Crippen molar-refractivity contribution in [3.05, 3.63) is 52.5 Å². The Hall–Kier alpha value is -1.54. The van der Waals surface area contributed by atoms with Crippen LogP contribution in [0.25, 0.3) is 0 Å². The highest BCUT2D eigenvalue weighted by molar-refractivity contribution is 9.10. The van der Waals surface area contributed by atoms with Gasteiger partial charge in [0.25, 0.3) is 0 Å². The summed E-state index contributed by atoms with van der Waals surface area (Å²) < 4.78 is 52.1. The predicted molar refractivity (Wildman–Crippen MR) is 86.9 cm³/mol. The Morgan fingerprint density at radius 1 is 1.17 bits per heavy atom. The molecule has 0 saturated carbocycles. The van der Waals surface area contributed by atoms with Crippen LogP contribution in [0, 0.1) is 0 Å². The van der Waals surface area contributed by atoms with Crippen LogP contribution in [0.15, 0.2) is 51.8 Å². The lowest BCUT2D eigenvalue weighted by Gasteiger charge is -2.12. The van der Waals surface area contributed by atoms with Crippen LogP contribution in [-0.4, -0.2) is 16.8 Å². The van der Waals surface area contributed by atoms with Crippen molar-refractivity contribution in [3.63, 3.8) is 0 Å². The van der Waals surface area contributed by atoms with Gasteiger partial charge in [0.05, 0.1) is 0 Å². The quantitative estimate of drug-likeness (QED) is 0.780. The monoisotopic (exact) mass is 407 g/mol. The molecule has 0 radical (unpaired) electrons. The van der Waals surface area contributed by atoms with E-state index in [-0.39, 0.29) is 5.75 Å². The highest BCUT2D eigenvalue weighted by Crippen LogP contribution is 2.30. The average Bonchev–Trinajstić information content (AvgIpc) is 2.45. The van der Waals surface area contributed by atoms with Crippen LogP contribution in [0.3, 0.4) is 0 Å². The van der Waals surface area contributed by atoms with Gasteiger partial charge in [-0.25, -0.2) is 0 Å². The van der Waals surface area contributed by atoms with Crippen molar-refractivity contribution < 1.29 is 22.1 Å². The van der Waals surface area contributed by atoms with E-state index < -0.39 is 17.2 Å². The molecule has 0 aromatic heterocycles. The molecule has 0 heterocycles. The van der Waals surface area contributed by atoms with Gasteiger partial charge in [-0.15, -0.1) is 13.2 Å². The van der Waals surface area contributed by atoms with E-state index in [4.69, 9.17) is 0 Å². The number of ether oxygens (including phenoxy) is 1. The average molecular weight is 408 g/mol. The fourth-order valence-corrected chi connectivity index (χ4v) is 2.85. The first-order valence-corrected chi connectivity index (χ1v) is 8.81. The fourth-order valence-electron chi connectivity index (χ4n) is 1.83. The van der Waals surface area contributed by atoms with Crippen molar-refractivity contribution in [1.29, 1.82) is 0 Å². The lowest BCUT2D eigenvalue weighted by Crippen LogP contribution is -2.17. The molecule has 8 heteroatoms. The maximum atomic E-state index is 12.2. The molecule has 3 nitrogen and oxygen atoms in total. The second-order valence-corrected chi connectivity index (χ2v) is 6.88. The minimum absolute atomic E-state index is 0.287. The number of anilines is 1. The fraction of sp³-hybridized carbons (Fsp3) is 0.200. The number of halogens is 4. The maximum Gasteiger partial charge on any atom is 0.573 e. The molecule has 0 amide bonds. The lowest BCUT2D eigenvalue weighted by atomic mass is 10.2. The third-order valence-corrected chi connectivity index (χ3v) is 4.50. The molecule has 0 bridgehead atoms. The third kappa shape index (κ3) is 5.54. The van der Waals surface area contributed by atoms with Crippen molar-refractivity contribution in [2.45, 2.75) is 17.8 Å². The van der Waals surface area contributed by atoms with Crippen molar-refractivity contribution in [1.82, 2.24) is 0 Å². The summed E-state index contributed by atoms with van der Waals surface area (Å²) >= 11 is 3.21. The summed E-state index contributed by atoms with van der Waals surface area (Å²) in [4.78, 5) is 0.739. The van der Waals surface area contributed by atoms with Gasteiger partial charge in [-0.2, -0.15) is 0 Å². The molecule has 1 atom stereocenters. The Morgan fingerprint density at radius 3 is 2.35 bits per heavy atom. The van der Waals surface area contributed by atoms with Crippen molar-refractivity contribution >= 4 is 32.4 Å². The first-order valence-electron chi connectivity index (χ1n) is 6.46. The Kier molecular flexibility index (Phi) is 5.69. The standard InChI is InChI=1S/C15H13BrF3NO2S/c1-23(21)12-5-2-10(3-6-12)9-20-14-7-4-11(8-13(14)16)22-15(17,18)19/h2-8,20H,9H2,1H3/t23-/m0/s1. The predicted octanol–water partition coefficient (Wildman–Crippen LogP) is 4.70. The molecule has 0 spiro atoms. The van der Waals surface area contributed by atoms with Gasteiger partial charge in [0.15, 0.2) is 0 Å². The van der Waals surface area contributed by atoms with Crippen LogP contribution in [0.2, 0.25) is 0 Å². The van der Waals surface area contributed by atoms with E-state index in [0.717, 1.165) is 10.5 Å². The first kappa shape index (κ1) is 17.8. The highest BCUT2D eigenvalue weighted by atomic mass is 79.9. The SMILES string of the molecule is C[S@](=O)c1ccc(CNc2ccc(OC(F)(F)F)cc2Br)cc1. The molecule has 0 aliphatic rings. The van der Waals surface area contributed by atoms with E-state index in [9.17, 15) is 17.4 Å². The summed E-state index contributed by atoms with van der Waals surface area (Å²) in [5.74, 6) is -0.287. The zero-order valence-electron chi connectivity index (χ0n) is 12.0. The maximum absolute atomic E-state index is 12.2. The molecule has 124 valence electrons. The summed E-state index contributed by atoms with van der Waals surface area (Å²) in [6.45, 7) is 0.481. The van der Waals surface area contributed by atoms with Gasteiger partial charge in [-0.1, -0.05) is 12.1 Å². The van der Waals surface area contributed by atoms with Crippen LogP contribution in [0.1, 0.15) is 5.56 Å². The van der Waals surface area contributed by atoms with E-state index >= 15 is 0 Å². The largest absolute Gasteiger partial charge is 0.573 e. The number of hydrogen-bond acceptors (Lipinski definition) is 3. The van der Waals surface area contributed by atoms with Gasteiger partial charge in [0.2, 0.25) is 0 Å². The number of hydrogen-bond donors (Lipinski definition) is 1. The minimum Gasteiger partial charge on any atom is -0.406 e. The topological polar surface area (TPSA) is 38.3 Å². The van der Waals surface area contributed by atoms with Gasteiger partial charge in [0, 0.05) is 38.7 Å². The van der Waals surface area contributed by atoms with E-state index in [1.165, 1.54) is 18.2 Å². The molecular formula is C15H13BrF3NO2S. The molecule has 0 saturated heterocycles. The Balaban J connectivity index is 2.01. The van der Waals surface area contributed by atoms with E-state index in [1.54, 1.807) is 18.4 Å². The van der Waals surface area contributed by atoms with Gasteiger partial charge in [-0.3, -0.25) is 4.21 Å². The smallest absolute Gasteiger partial charge is 0.406 e. The van der Waals surface area contributed by atoms with E-state index in [1.807, 2.05) is 12.1 Å². The van der Waals surface area contributed by atoms with Crippen LogP contribution >= 0.6 is 15.9 Å². The Morgan fingerprint density at radius 2 is 1.83 bits per heavy atom. The van der Waals surface area contributed by atoms with Crippen LogP contribution in [-0.2, 0) is 17.3 Å². The molecule has 0 unspecified atom stereocenters. The van der Waals surface area contributed by atoms with Gasteiger partial charge in [-0.05, 0) is 51.8 Å². The van der Waals surface area contributed by atoms with Gasteiger partial charge < -0.3 is 10.1 Å². The Bertz CT molecular complexity index is 705. The lowest BCUT2D eigenvalue weighted by molar-refractivity contribution is -0.274. The number of rotatable bonds is 5. The molecular weight excluding hydrogens is 395 g/mol. The van der Waals surface area contributed by atoms with Crippen LogP contribution in [0.4, 0.5) is 18.9 Å². The summed E-state index contributed by atoms with van der Waals surface area (Å²) in [5, 5.41) is 3.11. The van der Waals surface area contributed by atoms with Crippen LogP contribution in [0.5, 0.6) is 5.75 Å². The minimum atomic E-state index is -4.71. The molecule has 1 N–H and O–H groups in total. The second kappa shape index (κ2) is 7.35. The van der Waals surface area contributed by atoms with Crippen LogP contribution < -0.4 is 10.1 Å². The van der Waals surface area contributed by atoms with Gasteiger partial charge >= 0.3 is 6.36 Å². The summed E-state index contributed by atoms with van der Waals surface area (Å²) in [7, 11) is -1.03. The summed E-state index contributed by atoms with van der Waals surface area (Å²) in [6, 6.07) is 11.2. The van der Waals surface area contributed by atoms with E-state index in [0.29, 0.717) is 16.7 Å².